The van der Waals surface area contributed by atoms with Gasteiger partial charge in [0, 0.05) is 81.0 Å². The molecule has 7 heterocycles. The van der Waals surface area contributed by atoms with Crippen LogP contribution in [0.3, 0.4) is 0 Å². The van der Waals surface area contributed by atoms with Gasteiger partial charge in [-0.2, -0.15) is 10.4 Å². The molecule has 4 aromatic rings. The molecule has 1 saturated carbocycles. The van der Waals surface area contributed by atoms with Crippen molar-refractivity contribution in [1.82, 2.24) is 40.3 Å². The number of halogens is 1. The Kier molecular flexibility index (Phi) is 10.3. The van der Waals surface area contributed by atoms with E-state index < -0.39 is 6.03 Å². The largest absolute Gasteiger partial charge is 0.487 e. The van der Waals surface area contributed by atoms with Gasteiger partial charge in [0.1, 0.15) is 23.7 Å². The SMILES string of the molecule is CC1(C)C(NC(=O)c2ccc(N3CCC(CN4CCC(n5ncc6c(N7CCC(=O)NC7=O)ccnc65)CC4)CC3)nc2)C(C)(C)C1Oc1cnc(C#N)c(Cl)c1. The number of rotatable bonds is 9. The number of carbonyl (C=O) groups excluding carboxylic acids is 3. The Morgan fingerprint density at radius 1 is 0.982 bits per heavy atom. The summed E-state index contributed by atoms with van der Waals surface area (Å²) in [6.07, 6.45) is 10.8. The summed E-state index contributed by atoms with van der Waals surface area (Å²) < 4.78 is 8.33. The Balaban J connectivity index is 0.800. The summed E-state index contributed by atoms with van der Waals surface area (Å²) in [5, 5.41) is 20.6. The summed E-state index contributed by atoms with van der Waals surface area (Å²) in [5.41, 5.74) is 1.39. The molecule has 298 valence electrons. The van der Waals surface area contributed by atoms with E-state index in [0.29, 0.717) is 23.8 Å². The molecule has 3 aliphatic heterocycles. The minimum atomic E-state index is -0.410. The van der Waals surface area contributed by atoms with E-state index in [4.69, 9.17) is 31.7 Å². The van der Waals surface area contributed by atoms with Crippen LogP contribution in [-0.2, 0) is 4.79 Å². The molecule has 8 rings (SSSR count). The van der Waals surface area contributed by atoms with Gasteiger partial charge in [-0.25, -0.2) is 24.4 Å². The lowest BCUT2D eigenvalue weighted by atomic mass is 9.49. The maximum Gasteiger partial charge on any atom is 0.328 e. The molecule has 0 unspecified atom stereocenters. The molecule has 0 radical (unpaired) electrons. The van der Waals surface area contributed by atoms with Crippen LogP contribution in [0.15, 0.2) is 49.1 Å². The third-order valence-electron chi connectivity index (χ3n) is 12.5. The zero-order chi connectivity index (χ0) is 40.1. The number of nitriles is 1. The summed E-state index contributed by atoms with van der Waals surface area (Å²) in [7, 11) is 0. The number of urea groups is 1. The summed E-state index contributed by atoms with van der Waals surface area (Å²) in [6.45, 7) is 13.5. The van der Waals surface area contributed by atoms with Crippen LogP contribution in [0, 0.1) is 28.1 Å². The van der Waals surface area contributed by atoms with Crippen LogP contribution >= 0.6 is 11.6 Å². The van der Waals surface area contributed by atoms with Crippen LogP contribution in [0.2, 0.25) is 5.02 Å². The van der Waals surface area contributed by atoms with E-state index in [9.17, 15) is 14.4 Å². The fourth-order valence-electron chi connectivity index (χ4n) is 9.71. The first kappa shape index (κ1) is 38.5. The van der Waals surface area contributed by atoms with Crippen molar-refractivity contribution < 1.29 is 19.1 Å². The van der Waals surface area contributed by atoms with Crippen molar-refractivity contribution in [2.45, 2.75) is 78.0 Å². The van der Waals surface area contributed by atoms with Gasteiger partial charge in [-0.1, -0.05) is 39.3 Å². The summed E-state index contributed by atoms with van der Waals surface area (Å²) >= 11 is 6.19. The predicted molar refractivity (Wildman–Crippen MR) is 214 cm³/mol. The quantitative estimate of drug-likeness (QED) is 0.223. The van der Waals surface area contributed by atoms with Gasteiger partial charge in [-0.15, -0.1) is 0 Å². The Morgan fingerprint density at radius 2 is 1.74 bits per heavy atom. The highest BCUT2D eigenvalue weighted by atomic mass is 35.5. The van der Waals surface area contributed by atoms with Gasteiger partial charge in [0.2, 0.25) is 5.91 Å². The number of ether oxygens (including phenoxy) is 1. The molecule has 15 nitrogen and oxygen atoms in total. The number of nitrogens with one attached hydrogen (secondary N) is 2. The molecule has 2 N–H and O–H groups in total. The predicted octanol–water partition coefficient (Wildman–Crippen LogP) is 5.36. The minimum Gasteiger partial charge on any atom is -0.487 e. The zero-order valence-corrected chi connectivity index (χ0v) is 33.5. The van der Waals surface area contributed by atoms with Crippen LogP contribution < -0.4 is 25.2 Å². The van der Waals surface area contributed by atoms with Gasteiger partial charge < -0.3 is 19.9 Å². The van der Waals surface area contributed by atoms with Gasteiger partial charge in [-0.3, -0.25) is 19.8 Å². The van der Waals surface area contributed by atoms with Crippen LogP contribution in [0.5, 0.6) is 5.75 Å². The average molecular weight is 794 g/mol. The van der Waals surface area contributed by atoms with Crippen molar-refractivity contribution in [3.8, 4) is 11.8 Å². The second kappa shape index (κ2) is 15.2. The molecule has 0 spiro atoms. The zero-order valence-electron chi connectivity index (χ0n) is 32.7. The number of anilines is 2. The first-order valence-electron chi connectivity index (χ1n) is 19.7. The standard InChI is InChI=1S/C41H48ClN11O4/c1-40(2)37(41(3,4)38(40)57-28-19-30(42)31(20-43)45-22-28)49-36(55)26-5-6-33(46-21-26)51-16-8-25(9-17-51)24-50-14-10-27(11-15-50)53-35-29(23-47-53)32(7-13-44-35)52-18-12-34(54)48-39(52)56/h5-7,13,19,21-23,25,27,37-38H,8-12,14-18,24H2,1-4H3,(H,49,55)(H,48,54,56). The molecule has 4 aromatic heterocycles. The number of hydrogen-bond donors (Lipinski definition) is 2. The highest BCUT2D eigenvalue weighted by Crippen LogP contribution is 2.55. The van der Waals surface area contributed by atoms with Crippen molar-refractivity contribution in [2.24, 2.45) is 16.7 Å². The monoisotopic (exact) mass is 793 g/mol. The second-order valence-corrected chi connectivity index (χ2v) is 17.3. The number of nitrogens with zero attached hydrogens (tertiary/aromatic N) is 9. The van der Waals surface area contributed by atoms with Crippen molar-refractivity contribution in [3.63, 3.8) is 0 Å². The number of piperidine rings is 2. The van der Waals surface area contributed by atoms with Gasteiger partial charge >= 0.3 is 6.03 Å². The van der Waals surface area contributed by atoms with Gasteiger partial charge in [0.05, 0.1) is 40.1 Å². The van der Waals surface area contributed by atoms with Crippen molar-refractivity contribution in [3.05, 3.63) is 65.3 Å². The van der Waals surface area contributed by atoms with Gasteiger partial charge in [0.25, 0.3) is 5.91 Å². The molecule has 0 atom stereocenters. The molecule has 4 amide bonds. The lowest BCUT2D eigenvalue weighted by Gasteiger charge is -2.63. The molecule has 0 bridgehead atoms. The molecule has 1 aliphatic carbocycles. The maximum atomic E-state index is 13.5. The highest BCUT2D eigenvalue weighted by Gasteiger charge is 2.64. The lowest BCUT2D eigenvalue weighted by Crippen LogP contribution is -2.74. The fraction of sp³-hybridized carbons (Fsp3) is 0.512. The molecular weight excluding hydrogens is 746 g/mol. The summed E-state index contributed by atoms with van der Waals surface area (Å²) in [6, 6.07) is 8.85. The Labute approximate surface area is 336 Å². The van der Waals surface area contributed by atoms with Gasteiger partial charge in [-0.05, 0) is 49.8 Å². The number of pyridine rings is 3. The minimum absolute atomic E-state index is 0.152. The van der Waals surface area contributed by atoms with Crippen molar-refractivity contribution in [2.75, 3.05) is 49.1 Å². The number of carbonyl (C=O) groups is 3. The number of fused-ring (bicyclic) bond motifs is 1. The molecule has 4 fully saturated rings. The lowest BCUT2D eigenvalue weighted by molar-refractivity contribution is -0.164. The Bertz CT molecular complexity index is 2200. The van der Waals surface area contributed by atoms with E-state index in [1.165, 1.54) is 6.20 Å². The van der Waals surface area contributed by atoms with E-state index in [1.807, 2.05) is 29.0 Å². The second-order valence-electron chi connectivity index (χ2n) is 16.9. The topological polar surface area (TPSA) is 174 Å². The smallest absolute Gasteiger partial charge is 0.328 e. The van der Waals surface area contributed by atoms with Crippen LogP contribution in [0.4, 0.5) is 16.3 Å². The summed E-state index contributed by atoms with van der Waals surface area (Å²) in [5.74, 6) is 1.55. The van der Waals surface area contributed by atoms with E-state index in [2.05, 4.69) is 58.1 Å². The third-order valence-corrected chi connectivity index (χ3v) is 12.8. The molecule has 57 heavy (non-hydrogen) atoms. The van der Waals surface area contributed by atoms with E-state index in [-0.39, 0.29) is 58.0 Å². The average Bonchev–Trinajstić information content (AvgIpc) is 3.64. The van der Waals surface area contributed by atoms with E-state index in [1.54, 1.807) is 29.6 Å². The molecular formula is C41H48ClN11O4. The number of imide groups is 1. The van der Waals surface area contributed by atoms with E-state index >= 15 is 0 Å². The molecule has 4 aliphatic rings. The van der Waals surface area contributed by atoms with Crippen LogP contribution in [-0.4, -0.2) is 98.9 Å². The fourth-order valence-corrected chi connectivity index (χ4v) is 9.91. The molecule has 3 saturated heterocycles. The Hall–Kier alpha value is -5.33. The first-order valence-corrected chi connectivity index (χ1v) is 20.1. The van der Waals surface area contributed by atoms with Crippen LogP contribution in [0.25, 0.3) is 11.0 Å². The number of aromatic nitrogens is 5. The first-order chi connectivity index (χ1) is 27.3. The highest BCUT2D eigenvalue weighted by molar-refractivity contribution is 6.31. The maximum absolute atomic E-state index is 13.5. The summed E-state index contributed by atoms with van der Waals surface area (Å²) in [4.78, 5) is 57.6. The van der Waals surface area contributed by atoms with Crippen molar-refractivity contribution >= 4 is 52.0 Å². The van der Waals surface area contributed by atoms with Crippen LogP contribution in [0.1, 0.15) is 81.9 Å². The van der Waals surface area contributed by atoms with E-state index in [0.717, 1.165) is 80.9 Å². The number of amides is 4. The van der Waals surface area contributed by atoms with Crippen molar-refractivity contribution in [1.29, 1.82) is 5.26 Å². The number of likely N-dealkylation sites (tertiary alicyclic amines) is 1. The number of hydrogen-bond acceptors (Lipinski definition) is 11. The van der Waals surface area contributed by atoms with Gasteiger partial charge in [0.15, 0.2) is 11.3 Å². The third kappa shape index (κ3) is 7.36. The molecule has 16 heteroatoms. The Morgan fingerprint density at radius 3 is 2.40 bits per heavy atom. The normalized spacial score (nSPS) is 22.8. The molecule has 0 aromatic carbocycles.